The van der Waals surface area contributed by atoms with Crippen molar-refractivity contribution in [3.8, 4) is 0 Å². The molecule has 0 aliphatic carbocycles. The lowest BCUT2D eigenvalue weighted by molar-refractivity contribution is -0.108. The number of allylic oxidation sites excluding steroid dienone is 1. The van der Waals surface area contributed by atoms with E-state index in [0.717, 1.165) is 0 Å². The van der Waals surface area contributed by atoms with Crippen LogP contribution in [0.2, 0.25) is 0 Å². The van der Waals surface area contributed by atoms with E-state index in [9.17, 15) is 36.6 Å². The van der Waals surface area contributed by atoms with Crippen molar-refractivity contribution in [1.82, 2.24) is 9.55 Å². The summed E-state index contributed by atoms with van der Waals surface area (Å²) in [5.74, 6) is -5.62. The normalized spacial score (nSPS) is 25.7. The maximum atomic E-state index is 13.6. The van der Waals surface area contributed by atoms with Crippen LogP contribution in [-0.4, -0.2) is 44.8 Å². The molecule has 1 fully saturated rings. The number of rotatable bonds is 3. The van der Waals surface area contributed by atoms with Gasteiger partial charge >= 0.3 is 11.9 Å². The molecule has 0 bridgehead atoms. The van der Waals surface area contributed by atoms with E-state index in [-0.39, 0.29) is 6.42 Å². The minimum absolute atomic E-state index is 0.260. The molecule has 1 aliphatic heterocycles. The molecule has 1 aromatic rings. The van der Waals surface area contributed by atoms with Gasteiger partial charge in [0, 0.05) is 12.6 Å². The number of halogens is 5. The monoisotopic (exact) mass is 358 g/mol. The summed E-state index contributed by atoms with van der Waals surface area (Å²) in [6.07, 6.45) is -9.12. The molecule has 0 unspecified atom stereocenters. The molecule has 7 nitrogen and oxygen atoms in total. The van der Waals surface area contributed by atoms with Crippen molar-refractivity contribution in [1.29, 1.82) is 0 Å². The second-order valence-corrected chi connectivity index (χ2v) is 4.95. The van der Waals surface area contributed by atoms with E-state index in [4.69, 9.17) is 9.84 Å². The van der Waals surface area contributed by atoms with Gasteiger partial charge in [0.05, 0.1) is 18.3 Å². The lowest BCUT2D eigenvalue weighted by Gasteiger charge is -2.15. The molecule has 134 valence electrons. The van der Waals surface area contributed by atoms with Crippen molar-refractivity contribution < 1.29 is 36.9 Å². The van der Waals surface area contributed by atoms with Gasteiger partial charge in [0.25, 0.3) is 5.56 Å². The second kappa shape index (κ2) is 6.45. The Bertz CT molecular complexity index is 768. The van der Waals surface area contributed by atoms with Crippen molar-refractivity contribution in [2.24, 2.45) is 0 Å². The first-order valence-electron chi connectivity index (χ1n) is 6.49. The van der Waals surface area contributed by atoms with E-state index in [1.54, 1.807) is 0 Å². The SMILES string of the molecule is O=c1[nH]c(=O)n([C@H]2C[C@H](O)[C@@H](CO)O2)cc1C(F)=C(F)C(F)(F)F. The third-order valence-corrected chi connectivity index (χ3v) is 3.34. The molecule has 2 heterocycles. The highest BCUT2D eigenvalue weighted by Gasteiger charge is 2.40. The van der Waals surface area contributed by atoms with Crippen LogP contribution in [0.4, 0.5) is 22.0 Å². The molecule has 2 rings (SSSR count). The topological polar surface area (TPSA) is 105 Å². The van der Waals surface area contributed by atoms with Crippen LogP contribution in [-0.2, 0) is 4.74 Å². The minimum atomic E-state index is -5.65. The number of nitrogens with zero attached hydrogens (tertiary/aromatic N) is 1. The highest BCUT2D eigenvalue weighted by Crippen LogP contribution is 2.33. The Hall–Kier alpha value is -2.05. The summed E-state index contributed by atoms with van der Waals surface area (Å²) in [6.45, 7) is -0.612. The zero-order chi connectivity index (χ0) is 18.2. The molecule has 0 spiro atoms. The molecule has 0 aromatic carbocycles. The van der Waals surface area contributed by atoms with Gasteiger partial charge in [-0.1, -0.05) is 0 Å². The van der Waals surface area contributed by atoms with Crippen molar-refractivity contribution >= 4 is 5.83 Å². The molecule has 1 saturated heterocycles. The number of aliphatic hydroxyl groups is 2. The fraction of sp³-hybridized carbons (Fsp3) is 0.500. The Morgan fingerprint density at radius 2 is 2.00 bits per heavy atom. The number of aromatic amines is 1. The average molecular weight is 358 g/mol. The smallest absolute Gasteiger partial charge is 0.394 e. The summed E-state index contributed by atoms with van der Waals surface area (Å²) < 4.78 is 68.8. The molecule has 0 saturated carbocycles. The van der Waals surface area contributed by atoms with Gasteiger partial charge in [-0.15, -0.1) is 0 Å². The van der Waals surface area contributed by atoms with Crippen LogP contribution >= 0.6 is 0 Å². The molecule has 0 radical (unpaired) electrons. The molecular weight excluding hydrogens is 347 g/mol. The fourth-order valence-electron chi connectivity index (χ4n) is 2.15. The highest BCUT2D eigenvalue weighted by molar-refractivity contribution is 5.60. The highest BCUT2D eigenvalue weighted by atomic mass is 19.4. The third-order valence-electron chi connectivity index (χ3n) is 3.34. The van der Waals surface area contributed by atoms with Gasteiger partial charge < -0.3 is 14.9 Å². The Kier molecular flexibility index (Phi) is 4.92. The summed E-state index contributed by atoms with van der Waals surface area (Å²) in [5, 5.41) is 18.5. The van der Waals surface area contributed by atoms with E-state index in [2.05, 4.69) is 0 Å². The quantitative estimate of drug-likeness (QED) is 0.677. The summed E-state index contributed by atoms with van der Waals surface area (Å²) in [5.41, 5.74) is -4.10. The largest absolute Gasteiger partial charge is 0.445 e. The Morgan fingerprint density at radius 3 is 2.50 bits per heavy atom. The van der Waals surface area contributed by atoms with Gasteiger partial charge in [-0.3, -0.25) is 14.3 Å². The molecule has 1 aliphatic rings. The number of nitrogens with one attached hydrogen (secondary N) is 1. The van der Waals surface area contributed by atoms with Crippen molar-refractivity contribution in [3.63, 3.8) is 0 Å². The lowest BCUT2D eigenvalue weighted by Crippen LogP contribution is -2.34. The molecule has 3 N–H and O–H groups in total. The van der Waals surface area contributed by atoms with Gasteiger partial charge in [0.15, 0.2) is 5.83 Å². The number of hydrogen-bond acceptors (Lipinski definition) is 5. The van der Waals surface area contributed by atoms with Crippen molar-refractivity contribution in [2.45, 2.75) is 31.0 Å². The van der Waals surface area contributed by atoms with Crippen LogP contribution in [0, 0.1) is 0 Å². The molecular formula is C12H11F5N2O5. The van der Waals surface area contributed by atoms with E-state index in [1.165, 1.54) is 4.98 Å². The predicted octanol–water partition coefficient (Wildman–Crippen LogP) is 0.347. The van der Waals surface area contributed by atoms with Crippen LogP contribution in [0.1, 0.15) is 18.2 Å². The van der Waals surface area contributed by atoms with Crippen molar-refractivity contribution in [3.05, 3.63) is 38.4 Å². The zero-order valence-electron chi connectivity index (χ0n) is 11.7. The van der Waals surface area contributed by atoms with Gasteiger partial charge in [-0.2, -0.15) is 17.6 Å². The number of alkyl halides is 3. The summed E-state index contributed by atoms with van der Waals surface area (Å²) in [6, 6.07) is 0. The Morgan fingerprint density at radius 1 is 1.38 bits per heavy atom. The number of H-pyrrole nitrogens is 1. The molecule has 1 aromatic heterocycles. The number of aliphatic hydroxyl groups excluding tert-OH is 2. The van der Waals surface area contributed by atoms with Crippen LogP contribution < -0.4 is 11.2 Å². The van der Waals surface area contributed by atoms with Gasteiger partial charge in [-0.25, -0.2) is 9.18 Å². The number of aromatic nitrogens is 2. The van der Waals surface area contributed by atoms with Gasteiger partial charge in [0.1, 0.15) is 12.3 Å². The maximum absolute atomic E-state index is 13.6. The number of hydrogen-bond donors (Lipinski definition) is 3. The molecule has 3 atom stereocenters. The predicted molar refractivity (Wildman–Crippen MR) is 68.1 cm³/mol. The molecule has 24 heavy (non-hydrogen) atoms. The van der Waals surface area contributed by atoms with Crippen LogP contribution in [0.3, 0.4) is 0 Å². The van der Waals surface area contributed by atoms with Crippen LogP contribution in [0.25, 0.3) is 5.83 Å². The summed E-state index contributed by atoms with van der Waals surface area (Å²) >= 11 is 0. The Labute approximate surface area is 129 Å². The van der Waals surface area contributed by atoms with E-state index < -0.39 is 59.7 Å². The van der Waals surface area contributed by atoms with Gasteiger partial charge in [0.2, 0.25) is 5.83 Å². The lowest BCUT2D eigenvalue weighted by atomic mass is 10.2. The van der Waals surface area contributed by atoms with E-state index in [0.29, 0.717) is 10.8 Å². The Balaban J connectivity index is 2.51. The fourth-order valence-corrected chi connectivity index (χ4v) is 2.15. The summed E-state index contributed by atoms with van der Waals surface area (Å²) in [7, 11) is 0. The standard InChI is InChI=1S/C12H11F5N2O5/c13-8(9(14)12(15,16)17)4-2-19(11(23)18-10(4)22)7-1-5(21)6(3-20)24-7/h2,5-7,20-21H,1,3H2,(H,18,22,23)/t5-,6+,7+/m0/s1. The van der Waals surface area contributed by atoms with Crippen molar-refractivity contribution in [2.75, 3.05) is 6.61 Å². The first kappa shape index (κ1) is 18.3. The van der Waals surface area contributed by atoms with Gasteiger partial charge in [-0.05, 0) is 0 Å². The molecule has 0 amide bonds. The maximum Gasteiger partial charge on any atom is 0.445 e. The first-order chi connectivity index (χ1) is 11.1. The second-order valence-electron chi connectivity index (χ2n) is 4.95. The van der Waals surface area contributed by atoms with Crippen LogP contribution in [0.5, 0.6) is 0 Å². The first-order valence-corrected chi connectivity index (χ1v) is 6.49. The third kappa shape index (κ3) is 3.39. The average Bonchev–Trinajstić information content (AvgIpc) is 2.85. The molecule has 12 heteroatoms. The minimum Gasteiger partial charge on any atom is -0.394 e. The summed E-state index contributed by atoms with van der Waals surface area (Å²) in [4.78, 5) is 24.7. The van der Waals surface area contributed by atoms with Crippen LogP contribution in [0.15, 0.2) is 21.6 Å². The number of ether oxygens (including phenoxy) is 1. The van der Waals surface area contributed by atoms with E-state index in [1.807, 2.05) is 0 Å². The van der Waals surface area contributed by atoms with E-state index >= 15 is 0 Å². The zero-order valence-corrected chi connectivity index (χ0v) is 11.7.